The molecule has 1 aromatic rings. The van der Waals surface area contributed by atoms with E-state index in [2.05, 4.69) is 5.32 Å². The molecule has 110 valence electrons. The van der Waals surface area contributed by atoms with Crippen LogP contribution in [-0.2, 0) is 9.59 Å². The van der Waals surface area contributed by atoms with Crippen LogP contribution in [0.2, 0.25) is 5.02 Å². The Kier molecular flexibility index (Phi) is 6.02. The maximum atomic E-state index is 12.0. The summed E-state index contributed by atoms with van der Waals surface area (Å²) in [5, 5.41) is 3.36. The van der Waals surface area contributed by atoms with E-state index in [9.17, 15) is 9.59 Å². The first-order valence-corrected chi connectivity index (χ1v) is 6.99. The second-order valence-corrected chi connectivity index (χ2v) is 5.74. The van der Waals surface area contributed by atoms with E-state index in [0.29, 0.717) is 23.2 Å². The van der Waals surface area contributed by atoms with Crippen molar-refractivity contribution in [2.45, 2.75) is 27.7 Å². The standard InChI is InChI=1S/C15H21ClN2O2/c1-10(2)8-18(12(4)19)9-15(20)17-14-7-13(16)6-5-11(14)3/h5-7,10H,8-9H2,1-4H3,(H,17,20). The summed E-state index contributed by atoms with van der Waals surface area (Å²) >= 11 is 5.91. The maximum Gasteiger partial charge on any atom is 0.244 e. The molecule has 0 heterocycles. The van der Waals surface area contributed by atoms with E-state index in [1.165, 1.54) is 6.92 Å². The van der Waals surface area contributed by atoms with Crippen molar-refractivity contribution in [3.05, 3.63) is 28.8 Å². The molecule has 0 aliphatic carbocycles. The van der Waals surface area contributed by atoms with Crippen LogP contribution in [0.25, 0.3) is 0 Å². The summed E-state index contributed by atoms with van der Waals surface area (Å²) in [5.41, 5.74) is 1.61. The van der Waals surface area contributed by atoms with Crippen LogP contribution in [-0.4, -0.2) is 29.8 Å². The van der Waals surface area contributed by atoms with Crippen LogP contribution in [0.5, 0.6) is 0 Å². The van der Waals surface area contributed by atoms with Gasteiger partial charge in [0.15, 0.2) is 0 Å². The summed E-state index contributed by atoms with van der Waals surface area (Å²) in [6.45, 7) is 8.00. The molecule has 0 aromatic heterocycles. The van der Waals surface area contributed by atoms with E-state index in [4.69, 9.17) is 11.6 Å². The van der Waals surface area contributed by atoms with Crippen molar-refractivity contribution >= 4 is 29.1 Å². The predicted octanol–water partition coefficient (Wildman–Crippen LogP) is 3.09. The third-order valence-corrected chi connectivity index (χ3v) is 3.07. The summed E-state index contributed by atoms with van der Waals surface area (Å²) in [6, 6.07) is 5.32. The number of carbonyl (C=O) groups is 2. The average molecular weight is 297 g/mol. The highest BCUT2D eigenvalue weighted by Crippen LogP contribution is 2.20. The number of nitrogens with one attached hydrogen (secondary N) is 1. The summed E-state index contributed by atoms with van der Waals surface area (Å²) < 4.78 is 0. The molecule has 1 N–H and O–H groups in total. The molecule has 20 heavy (non-hydrogen) atoms. The summed E-state index contributed by atoms with van der Waals surface area (Å²) in [5.74, 6) is 0.00230. The van der Waals surface area contributed by atoms with E-state index in [0.717, 1.165) is 5.56 Å². The largest absolute Gasteiger partial charge is 0.333 e. The van der Waals surface area contributed by atoms with Gasteiger partial charge in [-0.3, -0.25) is 9.59 Å². The first-order valence-electron chi connectivity index (χ1n) is 6.61. The zero-order chi connectivity index (χ0) is 15.3. The Morgan fingerprint density at radius 2 is 2.00 bits per heavy atom. The van der Waals surface area contributed by atoms with Gasteiger partial charge in [-0.15, -0.1) is 0 Å². The van der Waals surface area contributed by atoms with Crippen LogP contribution in [0.15, 0.2) is 18.2 Å². The fraction of sp³-hybridized carbons (Fsp3) is 0.467. The Labute approximate surface area is 125 Å². The first-order chi connectivity index (χ1) is 9.29. The van der Waals surface area contributed by atoms with Crippen molar-refractivity contribution in [2.75, 3.05) is 18.4 Å². The maximum absolute atomic E-state index is 12.0. The van der Waals surface area contributed by atoms with Gasteiger partial charge in [0.1, 0.15) is 0 Å². The quantitative estimate of drug-likeness (QED) is 0.908. The van der Waals surface area contributed by atoms with Crippen LogP contribution < -0.4 is 5.32 Å². The molecular weight excluding hydrogens is 276 g/mol. The van der Waals surface area contributed by atoms with E-state index >= 15 is 0 Å². The van der Waals surface area contributed by atoms with Crippen LogP contribution in [0, 0.1) is 12.8 Å². The van der Waals surface area contributed by atoms with Crippen LogP contribution >= 0.6 is 11.6 Å². The second kappa shape index (κ2) is 7.29. The van der Waals surface area contributed by atoms with Gasteiger partial charge in [-0.25, -0.2) is 0 Å². The molecule has 0 fully saturated rings. The third-order valence-electron chi connectivity index (χ3n) is 2.84. The topological polar surface area (TPSA) is 49.4 Å². The number of carbonyl (C=O) groups excluding carboxylic acids is 2. The molecule has 5 heteroatoms. The number of nitrogens with zero attached hydrogens (tertiary/aromatic N) is 1. The number of benzene rings is 1. The molecule has 0 atom stereocenters. The highest BCUT2D eigenvalue weighted by Gasteiger charge is 2.15. The second-order valence-electron chi connectivity index (χ2n) is 5.30. The number of anilines is 1. The van der Waals surface area contributed by atoms with Gasteiger partial charge >= 0.3 is 0 Å². The van der Waals surface area contributed by atoms with Gasteiger partial charge in [0.25, 0.3) is 0 Å². The Morgan fingerprint density at radius 1 is 1.35 bits per heavy atom. The fourth-order valence-electron chi connectivity index (χ4n) is 1.84. The molecule has 1 rings (SSSR count). The molecule has 0 bridgehead atoms. The van der Waals surface area contributed by atoms with Crippen LogP contribution in [0.1, 0.15) is 26.3 Å². The minimum atomic E-state index is -0.216. The Hall–Kier alpha value is -1.55. The molecule has 0 saturated heterocycles. The smallest absolute Gasteiger partial charge is 0.244 e. The van der Waals surface area contributed by atoms with E-state index in [-0.39, 0.29) is 18.4 Å². The number of hydrogen-bond donors (Lipinski definition) is 1. The van der Waals surface area contributed by atoms with Crippen molar-refractivity contribution in [1.82, 2.24) is 4.90 Å². The number of hydrogen-bond acceptors (Lipinski definition) is 2. The Balaban J connectivity index is 2.70. The monoisotopic (exact) mass is 296 g/mol. The van der Waals surface area contributed by atoms with Gasteiger partial charge < -0.3 is 10.2 Å². The van der Waals surface area contributed by atoms with Gasteiger partial charge in [0, 0.05) is 24.2 Å². The number of rotatable bonds is 5. The lowest BCUT2D eigenvalue weighted by molar-refractivity contribution is -0.133. The highest BCUT2D eigenvalue weighted by atomic mass is 35.5. The Bertz CT molecular complexity index is 501. The molecule has 0 unspecified atom stereocenters. The third kappa shape index (κ3) is 5.21. The first kappa shape index (κ1) is 16.5. The van der Waals surface area contributed by atoms with Gasteiger partial charge in [0.05, 0.1) is 6.54 Å². The molecule has 0 saturated carbocycles. The van der Waals surface area contributed by atoms with Gasteiger partial charge in [-0.05, 0) is 30.5 Å². The lowest BCUT2D eigenvalue weighted by Crippen LogP contribution is -2.38. The Morgan fingerprint density at radius 3 is 2.55 bits per heavy atom. The summed E-state index contributed by atoms with van der Waals surface area (Å²) in [7, 11) is 0. The minimum absolute atomic E-state index is 0.0550. The van der Waals surface area contributed by atoms with Crippen molar-refractivity contribution in [3.63, 3.8) is 0 Å². The van der Waals surface area contributed by atoms with Crippen LogP contribution in [0.4, 0.5) is 5.69 Å². The molecule has 1 aromatic carbocycles. The van der Waals surface area contributed by atoms with E-state index in [1.54, 1.807) is 17.0 Å². The lowest BCUT2D eigenvalue weighted by atomic mass is 10.2. The molecule has 0 radical (unpaired) electrons. The fourth-order valence-corrected chi connectivity index (χ4v) is 2.01. The molecule has 0 aliphatic heterocycles. The van der Waals surface area contributed by atoms with Gasteiger partial charge in [-0.2, -0.15) is 0 Å². The summed E-state index contributed by atoms with van der Waals surface area (Å²) in [4.78, 5) is 25.1. The van der Waals surface area contributed by atoms with Crippen molar-refractivity contribution in [2.24, 2.45) is 5.92 Å². The van der Waals surface area contributed by atoms with Gasteiger partial charge in [0.2, 0.25) is 11.8 Å². The molecular formula is C15H21ClN2O2. The minimum Gasteiger partial charge on any atom is -0.333 e. The normalized spacial score (nSPS) is 10.5. The van der Waals surface area contributed by atoms with Crippen molar-refractivity contribution in [1.29, 1.82) is 0 Å². The van der Waals surface area contributed by atoms with E-state index < -0.39 is 0 Å². The number of amides is 2. The average Bonchev–Trinajstić information content (AvgIpc) is 2.32. The van der Waals surface area contributed by atoms with Gasteiger partial charge in [-0.1, -0.05) is 31.5 Å². The molecule has 0 aliphatic rings. The van der Waals surface area contributed by atoms with Crippen LogP contribution in [0.3, 0.4) is 0 Å². The SMILES string of the molecule is CC(=O)N(CC(=O)Nc1cc(Cl)ccc1C)CC(C)C. The lowest BCUT2D eigenvalue weighted by Gasteiger charge is -2.22. The number of halogens is 1. The molecule has 4 nitrogen and oxygen atoms in total. The predicted molar refractivity (Wildman–Crippen MR) is 81.9 cm³/mol. The molecule has 0 spiro atoms. The van der Waals surface area contributed by atoms with Crippen molar-refractivity contribution < 1.29 is 9.59 Å². The number of aryl methyl sites for hydroxylation is 1. The van der Waals surface area contributed by atoms with E-state index in [1.807, 2.05) is 26.8 Å². The zero-order valence-corrected chi connectivity index (χ0v) is 13.1. The highest BCUT2D eigenvalue weighted by molar-refractivity contribution is 6.31. The van der Waals surface area contributed by atoms with Crippen molar-refractivity contribution in [3.8, 4) is 0 Å². The summed E-state index contributed by atoms with van der Waals surface area (Å²) in [6.07, 6.45) is 0. The molecule has 2 amide bonds. The zero-order valence-electron chi connectivity index (χ0n) is 12.4.